The van der Waals surface area contributed by atoms with Crippen LogP contribution in [0.15, 0.2) is 35.5 Å². The molecule has 8 nitrogen and oxygen atoms in total. The summed E-state index contributed by atoms with van der Waals surface area (Å²) in [4.78, 5) is 46.4. The van der Waals surface area contributed by atoms with Gasteiger partial charge in [0.1, 0.15) is 12.9 Å². The van der Waals surface area contributed by atoms with Gasteiger partial charge in [-0.15, -0.1) is 0 Å². The summed E-state index contributed by atoms with van der Waals surface area (Å²) in [6.45, 7) is 3.19. The highest BCUT2D eigenvalue weighted by molar-refractivity contribution is 5.95. The number of hydrogen-bond donors (Lipinski definition) is 2. The van der Waals surface area contributed by atoms with Crippen molar-refractivity contribution in [2.45, 2.75) is 19.9 Å². The molecule has 1 atom stereocenters. The molecule has 1 aromatic carbocycles. The molecule has 1 aliphatic heterocycles. The molecular formula is C17H18N2O6. The van der Waals surface area contributed by atoms with E-state index in [-0.39, 0.29) is 30.0 Å². The summed E-state index contributed by atoms with van der Waals surface area (Å²) in [5.41, 5.74) is 1.05. The molecule has 1 aromatic rings. The fourth-order valence-corrected chi connectivity index (χ4v) is 2.31. The molecule has 25 heavy (non-hydrogen) atoms. The lowest BCUT2D eigenvalue weighted by atomic mass is 10.0. The SMILES string of the molecule is CCOC(=O)C1=C(COC(=O)c2ccc(C=O)cc2)NC(=O)NC1C. The number of hydrogen-bond acceptors (Lipinski definition) is 6. The van der Waals surface area contributed by atoms with Crippen molar-refractivity contribution in [2.24, 2.45) is 0 Å². The van der Waals surface area contributed by atoms with Crippen molar-refractivity contribution >= 4 is 24.3 Å². The lowest BCUT2D eigenvalue weighted by molar-refractivity contribution is -0.139. The number of rotatable bonds is 6. The van der Waals surface area contributed by atoms with E-state index in [0.29, 0.717) is 11.8 Å². The molecule has 1 heterocycles. The molecule has 0 bridgehead atoms. The van der Waals surface area contributed by atoms with Crippen molar-refractivity contribution in [3.63, 3.8) is 0 Å². The Morgan fingerprint density at radius 2 is 1.84 bits per heavy atom. The second-order valence-electron chi connectivity index (χ2n) is 5.25. The molecule has 0 saturated carbocycles. The van der Waals surface area contributed by atoms with Crippen LogP contribution in [-0.4, -0.2) is 43.5 Å². The van der Waals surface area contributed by atoms with E-state index in [4.69, 9.17) is 9.47 Å². The Morgan fingerprint density at radius 1 is 1.16 bits per heavy atom. The molecule has 8 heteroatoms. The van der Waals surface area contributed by atoms with Crippen LogP contribution in [0.25, 0.3) is 0 Å². The number of aldehydes is 1. The molecule has 0 radical (unpaired) electrons. The van der Waals surface area contributed by atoms with Crippen LogP contribution >= 0.6 is 0 Å². The zero-order valence-corrected chi connectivity index (χ0v) is 13.8. The van der Waals surface area contributed by atoms with Gasteiger partial charge < -0.3 is 20.1 Å². The van der Waals surface area contributed by atoms with E-state index >= 15 is 0 Å². The summed E-state index contributed by atoms with van der Waals surface area (Å²) >= 11 is 0. The van der Waals surface area contributed by atoms with E-state index in [1.807, 2.05) is 0 Å². The van der Waals surface area contributed by atoms with E-state index in [1.165, 1.54) is 24.3 Å². The fraction of sp³-hybridized carbons (Fsp3) is 0.294. The van der Waals surface area contributed by atoms with Crippen molar-refractivity contribution in [3.05, 3.63) is 46.7 Å². The smallest absolute Gasteiger partial charge is 0.338 e. The summed E-state index contributed by atoms with van der Waals surface area (Å²) < 4.78 is 10.1. The average molecular weight is 346 g/mol. The first-order valence-corrected chi connectivity index (χ1v) is 7.66. The second-order valence-corrected chi connectivity index (χ2v) is 5.25. The molecule has 2 rings (SSSR count). The minimum atomic E-state index is -0.645. The zero-order valence-electron chi connectivity index (χ0n) is 13.8. The van der Waals surface area contributed by atoms with Gasteiger partial charge in [0.05, 0.1) is 29.5 Å². The standard InChI is InChI=1S/C17H18N2O6/c1-3-24-16(22)14-10(2)18-17(23)19-13(14)9-25-15(21)12-6-4-11(8-20)5-7-12/h4-8,10H,3,9H2,1-2H3,(H2,18,19,23). The third-order valence-corrected chi connectivity index (χ3v) is 3.50. The van der Waals surface area contributed by atoms with Crippen LogP contribution in [-0.2, 0) is 14.3 Å². The highest BCUT2D eigenvalue weighted by Crippen LogP contribution is 2.15. The van der Waals surface area contributed by atoms with Crippen LogP contribution in [0.3, 0.4) is 0 Å². The van der Waals surface area contributed by atoms with Crippen molar-refractivity contribution in [2.75, 3.05) is 13.2 Å². The summed E-state index contributed by atoms with van der Waals surface area (Å²) in [6.07, 6.45) is 0.664. The lowest BCUT2D eigenvalue weighted by Crippen LogP contribution is -2.50. The molecular weight excluding hydrogens is 328 g/mol. The fourth-order valence-electron chi connectivity index (χ4n) is 2.31. The normalized spacial score (nSPS) is 16.6. The van der Waals surface area contributed by atoms with Crippen molar-refractivity contribution in [1.82, 2.24) is 10.6 Å². The van der Waals surface area contributed by atoms with E-state index in [2.05, 4.69) is 10.6 Å². The first-order chi connectivity index (χ1) is 12.0. The molecule has 132 valence electrons. The van der Waals surface area contributed by atoms with Gasteiger partial charge in [-0.2, -0.15) is 0 Å². The summed E-state index contributed by atoms with van der Waals surface area (Å²) in [6, 6.07) is 4.81. The predicted molar refractivity (Wildman–Crippen MR) is 86.9 cm³/mol. The summed E-state index contributed by atoms with van der Waals surface area (Å²) in [5, 5.41) is 5.01. The Bertz CT molecular complexity index is 723. The van der Waals surface area contributed by atoms with Crippen LogP contribution in [0.4, 0.5) is 4.79 Å². The third kappa shape index (κ3) is 4.43. The zero-order chi connectivity index (χ0) is 18.4. The van der Waals surface area contributed by atoms with Crippen molar-refractivity contribution in [1.29, 1.82) is 0 Å². The number of esters is 2. The number of ether oxygens (including phenoxy) is 2. The molecule has 0 saturated heterocycles. The molecule has 0 fully saturated rings. The number of benzene rings is 1. The summed E-state index contributed by atoms with van der Waals surface area (Å²) in [7, 11) is 0. The van der Waals surface area contributed by atoms with Gasteiger partial charge >= 0.3 is 18.0 Å². The number of carbonyl (C=O) groups is 4. The molecule has 1 aliphatic rings. The monoisotopic (exact) mass is 346 g/mol. The van der Waals surface area contributed by atoms with E-state index in [9.17, 15) is 19.2 Å². The van der Waals surface area contributed by atoms with Gasteiger partial charge in [-0.25, -0.2) is 14.4 Å². The Kier molecular flexibility index (Phi) is 5.89. The lowest BCUT2D eigenvalue weighted by Gasteiger charge is -2.26. The molecule has 0 aromatic heterocycles. The second kappa shape index (κ2) is 8.09. The van der Waals surface area contributed by atoms with Crippen molar-refractivity contribution in [3.8, 4) is 0 Å². The molecule has 0 spiro atoms. The van der Waals surface area contributed by atoms with Crippen LogP contribution < -0.4 is 10.6 Å². The minimum absolute atomic E-state index is 0.174. The average Bonchev–Trinajstić information content (AvgIpc) is 2.59. The van der Waals surface area contributed by atoms with Crippen molar-refractivity contribution < 1.29 is 28.7 Å². The quantitative estimate of drug-likeness (QED) is 0.591. The van der Waals surface area contributed by atoms with Crippen LogP contribution in [0, 0.1) is 0 Å². The highest BCUT2D eigenvalue weighted by Gasteiger charge is 2.30. The molecule has 2 amide bonds. The Labute approximate surface area is 144 Å². The first kappa shape index (κ1) is 18.2. The number of carbonyl (C=O) groups excluding carboxylic acids is 4. The Hall–Kier alpha value is -3.16. The van der Waals surface area contributed by atoms with Gasteiger partial charge in [-0.1, -0.05) is 12.1 Å². The van der Waals surface area contributed by atoms with Gasteiger partial charge in [0.15, 0.2) is 0 Å². The highest BCUT2D eigenvalue weighted by atomic mass is 16.5. The van der Waals surface area contributed by atoms with E-state index in [1.54, 1.807) is 13.8 Å². The maximum Gasteiger partial charge on any atom is 0.338 e. The topological polar surface area (TPSA) is 111 Å². The maximum atomic E-state index is 12.1. The number of amides is 2. The minimum Gasteiger partial charge on any atom is -0.463 e. The van der Waals surface area contributed by atoms with Crippen LogP contribution in [0.2, 0.25) is 0 Å². The van der Waals surface area contributed by atoms with Gasteiger partial charge in [0, 0.05) is 5.56 Å². The Balaban J connectivity index is 2.14. The van der Waals surface area contributed by atoms with Crippen LogP contribution in [0.1, 0.15) is 34.6 Å². The van der Waals surface area contributed by atoms with Gasteiger partial charge in [-0.3, -0.25) is 4.79 Å². The molecule has 1 unspecified atom stereocenters. The van der Waals surface area contributed by atoms with Gasteiger partial charge in [0.25, 0.3) is 0 Å². The van der Waals surface area contributed by atoms with Gasteiger partial charge in [0.2, 0.25) is 0 Å². The maximum absolute atomic E-state index is 12.1. The molecule has 0 aliphatic carbocycles. The number of urea groups is 1. The van der Waals surface area contributed by atoms with E-state index in [0.717, 1.165) is 0 Å². The molecule has 2 N–H and O–H groups in total. The predicted octanol–water partition coefficient (Wildman–Crippen LogP) is 1.17. The van der Waals surface area contributed by atoms with Gasteiger partial charge in [-0.05, 0) is 26.0 Å². The Morgan fingerprint density at radius 3 is 2.44 bits per heavy atom. The number of nitrogens with one attached hydrogen (secondary N) is 2. The summed E-state index contributed by atoms with van der Waals surface area (Å²) in [5.74, 6) is -1.24. The van der Waals surface area contributed by atoms with Crippen LogP contribution in [0.5, 0.6) is 0 Å². The van der Waals surface area contributed by atoms with E-state index < -0.39 is 24.0 Å². The largest absolute Gasteiger partial charge is 0.463 e. The third-order valence-electron chi connectivity index (χ3n) is 3.50. The first-order valence-electron chi connectivity index (χ1n) is 7.66.